The van der Waals surface area contributed by atoms with Gasteiger partial charge in [0.1, 0.15) is 28.5 Å². The summed E-state index contributed by atoms with van der Waals surface area (Å²) in [6, 6.07) is 20.6. The predicted molar refractivity (Wildman–Crippen MR) is 190 cm³/mol. The lowest BCUT2D eigenvalue weighted by Crippen LogP contribution is -2.49. The molecule has 2 fully saturated rings. The van der Waals surface area contributed by atoms with E-state index >= 15 is 4.39 Å². The summed E-state index contributed by atoms with van der Waals surface area (Å²) >= 11 is 6.16. The molecule has 0 amide bonds. The number of nitrogens with one attached hydrogen (secondary N) is 2. The van der Waals surface area contributed by atoms with Crippen LogP contribution in [-0.4, -0.2) is 72.0 Å². The molecule has 1 aliphatic heterocycles. The third kappa shape index (κ3) is 6.85. The highest BCUT2D eigenvalue weighted by Crippen LogP contribution is 2.41. The summed E-state index contributed by atoms with van der Waals surface area (Å²) < 4.78 is 46.6. The quantitative estimate of drug-likeness (QED) is 0.177. The van der Waals surface area contributed by atoms with E-state index in [1.807, 2.05) is 42.6 Å². The van der Waals surface area contributed by atoms with Gasteiger partial charge in [0.25, 0.3) is 10.0 Å². The molecule has 0 radical (unpaired) electrons. The summed E-state index contributed by atoms with van der Waals surface area (Å²) in [4.78, 5) is 14.1. The molecule has 252 valence electrons. The largest absolute Gasteiger partial charge is 0.340 e. The molecule has 3 heterocycles. The predicted octanol–water partition coefficient (Wildman–Crippen LogP) is 7.04. The van der Waals surface area contributed by atoms with Crippen LogP contribution in [0.4, 0.5) is 21.6 Å². The van der Waals surface area contributed by atoms with E-state index in [0.29, 0.717) is 17.4 Å². The third-order valence-corrected chi connectivity index (χ3v) is 11.5. The Morgan fingerprint density at radius 3 is 2.37 bits per heavy atom. The molecule has 0 bridgehead atoms. The van der Waals surface area contributed by atoms with Gasteiger partial charge in [-0.05, 0) is 80.8 Å². The molecule has 0 atom stereocenters. The van der Waals surface area contributed by atoms with Crippen LogP contribution in [0.15, 0.2) is 84.1 Å². The van der Waals surface area contributed by atoms with E-state index in [4.69, 9.17) is 21.8 Å². The minimum atomic E-state index is -4.24. The van der Waals surface area contributed by atoms with Gasteiger partial charge in [-0.3, -0.25) is 9.62 Å². The van der Waals surface area contributed by atoms with Gasteiger partial charge in [-0.25, -0.2) is 22.8 Å². The molecule has 5 aromatic rings. The molecule has 10 nitrogen and oxygen atoms in total. The van der Waals surface area contributed by atoms with E-state index in [0.717, 1.165) is 74.1 Å². The van der Waals surface area contributed by atoms with Crippen molar-refractivity contribution in [3.05, 3.63) is 95.7 Å². The average Bonchev–Trinajstić information content (AvgIpc) is 3.50. The van der Waals surface area contributed by atoms with Crippen molar-refractivity contribution in [1.29, 1.82) is 5.26 Å². The number of halogens is 2. The number of hydrogen-bond acceptors (Lipinski definition) is 8. The van der Waals surface area contributed by atoms with Crippen molar-refractivity contribution in [3.8, 4) is 17.2 Å². The lowest BCUT2D eigenvalue weighted by molar-refractivity contribution is 0.0828. The van der Waals surface area contributed by atoms with Crippen LogP contribution in [0.5, 0.6) is 0 Å². The van der Waals surface area contributed by atoms with Crippen molar-refractivity contribution in [1.82, 2.24) is 24.3 Å². The summed E-state index contributed by atoms with van der Waals surface area (Å²) in [5, 5.41) is 13.2. The summed E-state index contributed by atoms with van der Waals surface area (Å²) in [5.41, 5.74) is 2.88. The van der Waals surface area contributed by atoms with Gasteiger partial charge in [-0.15, -0.1) is 0 Å². The SMILES string of the molecule is CN1CCN(C2CCC(n3cc(-c4ccc(NS(=O)(=O)c5ccc(C#N)cc5Cl)c(F)c4)c4c(Nc5ccccc5)ncnc43)CC2)CC1. The second kappa shape index (κ2) is 13.8. The molecular weight excluding hydrogens is 663 g/mol. The Kier molecular flexibility index (Phi) is 9.26. The number of benzene rings is 3. The smallest absolute Gasteiger partial charge is 0.263 e. The highest BCUT2D eigenvalue weighted by molar-refractivity contribution is 7.92. The van der Waals surface area contributed by atoms with Crippen molar-refractivity contribution < 1.29 is 12.8 Å². The Hall–Kier alpha value is -4.54. The van der Waals surface area contributed by atoms with E-state index < -0.39 is 15.8 Å². The molecule has 49 heavy (non-hydrogen) atoms. The van der Waals surface area contributed by atoms with E-state index in [2.05, 4.69) is 36.4 Å². The summed E-state index contributed by atoms with van der Waals surface area (Å²) in [7, 11) is -2.06. The first-order chi connectivity index (χ1) is 23.7. The molecule has 2 aliphatic rings. The molecule has 3 aromatic carbocycles. The molecule has 1 saturated heterocycles. The van der Waals surface area contributed by atoms with E-state index in [1.54, 1.807) is 12.4 Å². The number of likely N-dealkylation sites (N-methyl/N-ethyl adjacent to an activating group) is 1. The van der Waals surface area contributed by atoms with Crippen molar-refractivity contribution >= 4 is 49.9 Å². The lowest BCUT2D eigenvalue weighted by Gasteiger charge is -2.41. The minimum Gasteiger partial charge on any atom is -0.340 e. The van der Waals surface area contributed by atoms with Crippen LogP contribution in [0.1, 0.15) is 37.3 Å². The normalized spacial score (nSPS) is 19.1. The Bertz CT molecular complexity index is 2140. The van der Waals surface area contributed by atoms with Crippen molar-refractivity contribution in [2.45, 2.75) is 42.7 Å². The average molecular weight is 699 g/mol. The van der Waals surface area contributed by atoms with Crippen LogP contribution in [-0.2, 0) is 10.0 Å². The second-order valence-electron chi connectivity index (χ2n) is 12.7. The maximum atomic E-state index is 15.8. The Morgan fingerprint density at radius 1 is 0.939 bits per heavy atom. The van der Waals surface area contributed by atoms with Crippen LogP contribution in [0.3, 0.4) is 0 Å². The van der Waals surface area contributed by atoms with Crippen molar-refractivity contribution in [2.24, 2.45) is 0 Å². The minimum absolute atomic E-state index is 0.132. The Labute approximate surface area is 290 Å². The number of sulfonamides is 1. The number of piperazine rings is 1. The molecule has 1 aliphatic carbocycles. The molecule has 0 spiro atoms. The Morgan fingerprint density at radius 2 is 1.67 bits per heavy atom. The fourth-order valence-corrected chi connectivity index (χ4v) is 8.59. The topological polar surface area (TPSA) is 119 Å². The van der Waals surface area contributed by atoms with Crippen LogP contribution in [0.25, 0.3) is 22.2 Å². The van der Waals surface area contributed by atoms with Gasteiger partial charge >= 0.3 is 0 Å². The number of hydrogen-bond donors (Lipinski definition) is 2. The van der Waals surface area contributed by atoms with Gasteiger partial charge in [0.2, 0.25) is 0 Å². The molecular formula is C36H36ClFN8O2S. The van der Waals surface area contributed by atoms with Gasteiger partial charge in [0, 0.05) is 55.7 Å². The van der Waals surface area contributed by atoms with E-state index in [9.17, 15) is 8.42 Å². The van der Waals surface area contributed by atoms with Gasteiger partial charge in [-0.1, -0.05) is 35.9 Å². The van der Waals surface area contributed by atoms with Gasteiger partial charge in [-0.2, -0.15) is 5.26 Å². The number of anilines is 3. The van der Waals surface area contributed by atoms with Crippen molar-refractivity contribution in [3.63, 3.8) is 0 Å². The zero-order valence-corrected chi connectivity index (χ0v) is 28.6. The number of aromatic nitrogens is 3. The van der Waals surface area contributed by atoms with Gasteiger partial charge in [0.05, 0.1) is 27.7 Å². The van der Waals surface area contributed by atoms with Gasteiger partial charge in [0.15, 0.2) is 0 Å². The number of nitriles is 1. The number of rotatable bonds is 8. The number of nitrogens with zero attached hydrogens (tertiary/aromatic N) is 6. The maximum absolute atomic E-state index is 15.8. The zero-order valence-electron chi connectivity index (χ0n) is 27.0. The fourth-order valence-electron chi connectivity index (χ4n) is 6.98. The van der Waals surface area contributed by atoms with Crippen LogP contribution in [0, 0.1) is 17.1 Å². The highest BCUT2D eigenvalue weighted by atomic mass is 35.5. The fraction of sp³-hybridized carbons (Fsp3) is 0.306. The molecule has 1 saturated carbocycles. The van der Waals surface area contributed by atoms with E-state index in [-0.39, 0.29) is 27.2 Å². The highest BCUT2D eigenvalue weighted by Gasteiger charge is 2.30. The molecule has 0 unspecified atom stereocenters. The first-order valence-electron chi connectivity index (χ1n) is 16.3. The monoisotopic (exact) mass is 698 g/mol. The second-order valence-corrected chi connectivity index (χ2v) is 14.8. The first-order valence-corrected chi connectivity index (χ1v) is 18.2. The van der Waals surface area contributed by atoms with E-state index in [1.165, 1.54) is 30.3 Å². The van der Waals surface area contributed by atoms with Crippen LogP contribution < -0.4 is 10.0 Å². The zero-order chi connectivity index (χ0) is 34.1. The molecule has 2 N–H and O–H groups in total. The van der Waals surface area contributed by atoms with Crippen LogP contribution >= 0.6 is 11.6 Å². The summed E-state index contributed by atoms with van der Waals surface area (Å²) in [5.74, 6) is -0.162. The maximum Gasteiger partial charge on any atom is 0.263 e. The summed E-state index contributed by atoms with van der Waals surface area (Å²) in [6.45, 7) is 4.39. The van der Waals surface area contributed by atoms with Crippen LogP contribution in [0.2, 0.25) is 5.02 Å². The third-order valence-electron chi connectivity index (χ3n) is 9.63. The number of fused-ring (bicyclic) bond motifs is 1. The molecule has 13 heteroatoms. The Balaban J connectivity index is 1.22. The van der Waals surface area contributed by atoms with Crippen molar-refractivity contribution in [2.75, 3.05) is 43.3 Å². The summed E-state index contributed by atoms with van der Waals surface area (Å²) in [6.07, 6.45) is 7.77. The molecule has 7 rings (SSSR count). The lowest BCUT2D eigenvalue weighted by atomic mass is 9.89. The van der Waals surface area contributed by atoms with Gasteiger partial charge < -0.3 is 14.8 Å². The number of para-hydroxylation sites is 1. The molecule has 2 aromatic heterocycles. The first kappa shape index (κ1) is 33.0. The standard InChI is InChI=1S/C36H36ClFN8O2S/c1-44-15-17-45(18-16-44)27-9-11-28(12-10-27)46-22-29(34-35(40-23-41-36(34)46)42-26-5-3-2-4-6-26)25-8-13-32(31(38)20-25)43-49(47,48)33-14-7-24(21-39)19-30(33)37/h2-8,13-14,19-20,22-23,27-28,43H,9-12,15-18H2,1H3,(H,40,41,42).